The topological polar surface area (TPSA) is 74.0 Å². The summed E-state index contributed by atoms with van der Waals surface area (Å²) < 4.78 is 8.84. The molecule has 0 unspecified atom stereocenters. The number of aromatic nitrogens is 4. The normalized spacial score (nSPS) is 10.9. The average molecular weight is 491 g/mol. The van der Waals surface area contributed by atoms with E-state index in [1.54, 1.807) is 53.5 Å². The molecular formula is C22H18Cl3N5O2. The number of hydrogen-bond donors (Lipinski definition) is 1. The predicted octanol–water partition coefficient (Wildman–Crippen LogP) is 5.69. The van der Waals surface area contributed by atoms with E-state index < -0.39 is 5.91 Å². The maximum absolute atomic E-state index is 12.5. The lowest BCUT2D eigenvalue weighted by molar-refractivity contribution is 0.101. The molecule has 0 fully saturated rings. The summed E-state index contributed by atoms with van der Waals surface area (Å²) in [5.41, 5.74) is 2.01. The van der Waals surface area contributed by atoms with Crippen molar-refractivity contribution >= 4 is 46.5 Å². The Morgan fingerprint density at radius 1 is 0.969 bits per heavy atom. The Bertz CT molecular complexity index is 1250. The van der Waals surface area contributed by atoms with Gasteiger partial charge in [-0.15, -0.1) is 0 Å². The maximum atomic E-state index is 12.5. The van der Waals surface area contributed by atoms with Crippen LogP contribution in [0.15, 0.2) is 60.9 Å². The van der Waals surface area contributed by atoms with Gasteiger partial charge in [-0.3, -0.25) is 9.48 Å². The number of nitrogens with one attached hydrogen (secondary N) is 1. The molecule has 1 N–H and O–H groups in total. The highest BCUT2D eigenvalue weighted by molar-refractivity contribution is 6.36. The minimum atomic E-state index is -0.390. The predicted molar refractivity (Wildman–Crippen MR) is 125 cm³/mol. The molecule has 0 aliphatic rings. The summed E-state index contributed by atoms with van der Waals surface area (Å²) in [4.78, 5) is 12.5. The van der Waals surface area contributed by atoms with Crippen LogP contribution in [0.2, 0.25) is 15.1 Å². The Kier molecular flexibility index (Phi) is 6.69. The minimum Gasteiger partial charge on any atom is -0.470 e. The molecule has 10 heteroatoms. The number of carbonyl (C=O) groups excluding carboxylic acids is 1. The van der Waals surface area contributed by atoms with Gasteiger partial charge in [0.15, 0.2) is 18.2 Å². The van der Waals surface area contributed by atoms with Crippen molar-refractivity contribution in [3.8, 4) is 5.75 Å². The lowest BCUT2D eigenvalue weighted by atomic mass is 10.2. The Morgan fingerprint density at radius 3 is 2.50 bits per heavy atom. The molecule has 0 atom stereocenters. The minimum absolute atomic E-state index is 0.115. The number of amides is 1. The number of ether oxygens (including phenoxy) is 1. The third-order valence-electron chi connectivity index (χ3n) is 4.58. The number of rotatable bonds is 7. The quantitative estimate of drug-likeness (QED) is 0.361. The van der Waals surface area contributed by atoms with E-state index in [-0.39, 0.29) is 12.4 Å². The second kappa shape index (κ2) is 9.65. The molecule has 2 aromatic heterocycles. The fraction of sp³-hybridized carbons (Fsp3) is 0.136. The van der Waals surface area contributed by atoms with E-state index in [4.69, 9.17) is 39.5 Å². The molecular weight excluding hydrogens is 473 g/mol. The molecule has 0 saturated carbocycles. The van der Waals surface area contributed by atoms with Crippen LogP contribution in [0, 0.1) is 6.92 Å². The number of nitrogens with zero attached hydrogens (tertiary/aromatic N) is 4. The maximum Gasteiger partial charge on any atom is 0.277 e. The van der Waals surface area contributed by atoms with Crippen molar-refractivity contribution < 1.29 is 9.53 Å². The van der Waals surface area contributed by atoms with Crippen LogP contribution in [-0.4, -0.2) is 25.5 Å². The van der Waals surface area contributed by atoms with Gasteiger partial charge in [-0.1, -0.05) is 46.9 Å². The van der Waals surface area contributed by atoms with Crippen molar-refractivity contribution in [2.75, 3.05) is 5.32 Å². The van der Waals surface area contributed by atoms with E-state index in [0.29, 0.717) is 33.2 Å². The van der Waals surface area contributed by atoms with Gasteiger partial charge >= 0.3 is 0 Å². The Labute approximate surface area is 199 Å². The van der Waals surface area contributed by atoms with E-state index in [2.05, 4.69) is 15.5 Å². The lowest BCUT2D eigenvalue weighted by Gasteiger charge is -2.08. The van der Waals surface area contributed by atoms with Crippen molar-refractivity contribution in [1.29, 1.82) is 0 Å². The Balaban J connectivity index is 1.37. The number of hydrogen-bond acceptors (Lipinski definition) is 4. The van der Waals surface area contributed by atoms with Crippen molar-refractivity contribution in [1.82, 2.24) is 19.6 Å². The van der Waals surface area contributed by atoms with E-state index in [0.717, 1.165) is 11.1 Å². The molecule has 0 spiro atoms. The second-order valence-electron chi connectivity index (χ2n) is 7.00. The zero-order valence-corrected chi connectivity index (χ0v) is 19.2. The molecule has 0 saturated heterocycles. The van der Waals surface area contributed by atoms with Crippen LogP contribution < -0.4 is 10.1 Å². The van der Waals surface area contributed by atoms with Gasteiger partial charge in [-0.25, -0.2) is 4.68 Å². The monoisotopic (exact) mass is 489 g/mol. The largest absolute Gasteiger partial charge is 0.470 e. The molecule has 4 rings (SSSR count). The highest BCUT2D eigenvalue weighted by Crippen LogP contribution is 2.26. The number of anilines is 1. The molecule has 0 radical (unpaired) electrons. The first-order chi connectivity index (χ1) is 15.4. The van der Waals surface area contributed by atoms with Crippen molar-refractivity contribution in [3.63, 3.8) is 0 Å². The zero-order chi connectivity index (χ0) is 22.7. The molecule has 2 aromatic carbocycles. The van der Waals surface area contributed by atoms with Crippen LogP contribution in [0.5, 0.6) is 5.75 Å². The molecule has 7 nitrogen and oxygen atoms in total. The van der Waals surface area contributed by atoms with Crippen molar-refractivity contribution in [2.45, 2.75) is 20.2 Å². The van der Waals surface area contributed by atoms with Crippen LogP contribution in [0.1, 0.15) is 21.6 Å². The summed E-state index contributed by atoms with van der Waals surface area (Å²) in [7, 11) is 0. The standard InChI is InChI=1S/C22H18Cl3N5O2/c1-14-5-6-18(25)20(11-14)32-13-30-9-7-19(27-30)22(31)26-21-8-10-29(28-21)12-15-16(23)3-2-4-17(15)24/h2-11H,12-13H2,1H3,(H,26,28,31). The Hall–Kier alpha value is -3.00. The van der Waals surface area contributed by atoms with Crippen molar-refractivity contribution in [2.24, 2.45) is 0 Å². The van der Waals surface area contributed by atoms with E-state index >= 15 is 0 Å². The Morgan fingerprint density at radius 2 is 1.72 bits per heavy atom. The molecule has 0 bridgehead atoms. The summed E-state index contributed by atoms with van der Waals surface area (Å²) in [6.45, 7) is 2.44. The van der Waals surface area contributed by atoms with E-state index in [1.807, 2.05) is 19.1 Å². The van der Waals surface area contributed by atoms with E-state index in [1.165, 1.54) is 4.68 Å². The first-order valence-electron chi connectivity index (χ1n) is 9.59. The van der Waals surface area contributed by atoms with Gasteiger partial charge in [0, 0.05) is 34.1 Å². The van der Waals surface area contributed by atoms with Gasteiger partial charge in [-0.2, -0.15) is 10.2 Å². The van der Waals surface area contributed by atoms with Gasteiger partial charge in [0.05, 0.1) is 11.6 Å². The third kappa shape index (κ3) is 5.24. The summed E-state index contributed by atoms with van der Waals surface area (Å²) in [5.74, 6) is 0.547. The van der Waals surface area contributed by atoms with Crippen LogP contribution >= 0.6 is 34.8 Å². The molecule has 0 aliphatic heterocycles. The SMILES string of the molecule is Cc1ccc(Cl)c(OCn2ccc(C(=O)Nc3ccn(Cc4c(Cl)cccc4Cl)n3)n2)c1. The van der Waals surface area contributed by atoms with Crippen molar-refractivity contribution in [3.05, 3.63) is 92.8 Å². The fourth-order valence-electron chi connectivity index (χ4n) is 2.95. The summed E-state index contributed by atoms with van der Waals surface area (Å²) in [6.07, 6.45) is 3.38. The average Bonchev–Trinajstić information content (AvgIpc) is 3.41. The molecule has 32 heavy (non-hydrogen) atoms. The van der Waals surface area contributed by atoms with Crippen LogP contribution in [0.4, 0.5) is 5.82 Å². The van der Waals surface area contributed by atoms with Gasteiger partial charge in [0.2, 0.25) is 0 Å². The van der Waals surface area contributed by atoms with Gasteiger partial charge in [0.1, 0.15) is 5.75 Å². The van der Waals surface area contributed by atoms with Crippen LogP contribution in [0.3, 0.4) is 0 Å². The first kappa shape index (κ1) is 22.2. The molecule has 164 valence electrons. The van der Waals surface area contributed by atoms with Crippen LogP contribution in [0.25, 0.3) is 0 Å². The molecule has 4 aromatic rings. The van der Waals surface area contributed by atoms with E-state index in [9.17, 15) is 4.79 Å². The fourth-order valence-corrected chi connectivity index (χ4v) is 3.64. The highest BCUT2D eigenvalue weighted by atomic mass is 35.5. The molecule has 1 amide bonds. The molecule has 0 aliphatic carbocycles. The third-order valence-corrected chi connectivity index (χ3v) is 5.60. The zero-order valence-electron chi connectivity index (χ0n) is 16.9. The summed E-state index contributed by atoms with van der Waals surface area (Å²) in [5, 5.41) is 12.9. The highest BCUT2D eigenvalue weighted by Gasteiger charge is 2.13. The second-order valence-corrected chi connectivity index (χ2v) is 8.22. The lowest BCUT2D eigenvalue weighted by Crippen LogP contribution is -2.15. The number of aryl methyl sites for hydroxylation is 1. The summed E-state index contributed by atoms with van der Waals surface area (Å²) in [6, 6.07) is 14.1. The molecule has 2 heterocycles. The van der Waals surface area contributed by atoms with Gasteiger partial charge < -0.3 is 10.1 Å². The van der Waals surface area contributed by atoms with Gasteiger partial charge in [-0.05, 0) is 42.8 Å². The summed E-state index contributed by atoms with van der Waals surface area (Å²) >= 11 is 18.6. The van der Waals surface area contributed by atoms with Gasteiger partial charge in [0.25, 0.3) is 5.91 Å². The number of halogens is 3. The number of benzene rings is 2. The number of carbonyl (C=O) groups is 1. The first-order valence-corrected chi connectivity index (χ1v) is 10.7. The smallest absolute Gasteiger partial charge is 0.277 e. The van der Waals surface area contributed by atoms with Crippen LogP contribution in [-0.2, 0) is 13.3 Å².